The lowest BCUT2D eigenvalue weighted by atomic mass is 9.91. The van der Waals surface area contributed by atoms with Crippen LogP contribution in [0.5, 0.6) is 0 Å². The van der Waals surface area contributed by atoms with Crippen molar-refractivity contribution < 1.29 is 0 Å². The van der Waals surface area contributed by atoms with Crippen LogP contribution >= 0.6 is 0 Å². The molecule has 0 nitrogen and oxygen atoms in total. The molecule has 2 aliphatic rings. The highest BCUT2D eigenvalue weighted by Gasteiger charge is 2.19. The molecule has 3 rings (SSSR count). The van der Waals surface area contributed by atoms with Crippen molar-refractivity contribution in [1.29, 1.82) is 0 Å². The molecule has 0 N–H and O–H groups in total. The number of rotatable bonds is 4. The molecule has 0 saturated heterocycles. The first kappa shape index (κ1) is 12.2. The minimum absolute atomic E-state index is 1.07. The van der Waals surface area contributed by atoms with Crippen molar-refractivity contribution in [3.8, 4) is 0 Å². The van der Waals surface area contributed by atoms with Crippen molar-refractivity contribution in [2.24, 2.45) is 0 Å². The summed E-state index contributed by atoms with van der Waals surface area (Å²) >= 11 is 0. The van der Waals surface area contributed by atoms with Gasteiger partial charge in [-0.15, -0.1) is 0 Å². The van der Waals surface area contributed by atoms with Crippen LogP contribution in [0.1, 0.15) is 38.2 Å². The Labute approximate surface area is 115 Å². The highest BCUT2D eigenvalue weighted by atomic mass is 14.2. The summed E-state index contributed by atoms with van der Waals surface area (Å²) in [5.41, 5.74) is 7.33. The first-order valence-electron chi connectivity index (χ1n) is 7.25. The predicted octanol–water partition coefficient (Wildman–Crippen LogP) is 5.46. The molecule has 0 amide bonds. The second-order valence-corrected chi connectivity index (χ2v) is 5.20. The van der Waals surface area contributed by atoms with Gasteiger partial charge in [0.1, 0.15) is 0 Å². The normalized spacial score (nSPS) is 17.9. The molecule has 0 aromatic heterocycles. The lowest BCUT2D eigenvalue weighted by Gasteiger charge is -2.13. The zero-order chi connectivity index (χ0) is 13.1. The van der Waals surface area contributed by atoms with Crippen LogP contribution in [0.25, 0.3) is 5.57 Å². The van der Waals surface area contributed by atoms with Gasteiger partial charge < -0.3 is 0 Å². The van der Waals surface area contributed by atoms with E-state index in [1.165, 1.54) is 35.1 Å². The topological polar surface area (TPSA) is 0 Å². The van der Waals surface area contributed by atoms with Crippen LogP contribution in [-0.2, 0) is 0 Å². The van der Waals surface area contributed by atoms with Crippen molar-refractivity contribution in [3.05, 3.63) is 76.9 Å². The number of allylic oxidation sites excluding steroid dienone is 8. The molecule has 0 bridgehead atoms. The van der Waals surface area contributed by atoms with Crippen LogP contribution in [-0.4, -0.2) is 0 Å². The first-order valence-corrected chi connectivity index (χ1v) is 7.25. The third kappa shape index (κ3) is 2.35. The fraction of sp³-hybridized carbons (Fsp3) is 0.263. The summed E-state index contributed by atoms with van der Waals surface area (Å²) in [5, 5.41) is 0. The molecule has 0 heterocycles. The zero-order valence-electron chi connectivity index (χ0n) is 11.5. The van der Waals surface area contributed by atoms with Crippen molar-refractivity contribution >= 4 is 5.57 Å². The maximum Gasteiger partial charge on any atom is -0.00854 e. The molecule has 0 aliphatic heterocycles. The van der Waals surface area contributed by atoms with Gasteiger partial charge in [0, 0.05) is 0 Å². The van der Waals surface area contributed by atoms with E-state index in [1.54, 1.807) is 5.57 Å². The van der Waals surface area contributed by atoms with Crippen LogP contribution in [0, 0.1) is 0 Å². The SMILES string of the molecule is CCCC1=C(C2=CCC=C2c2ccccc2)CC=C1. The van der Waals surface area contributed by atoms with Gasteiger partial charge in [-0.2, -0.15) is 0 Å². The van der Waals surface area contributed by atoms with E-state index in [9.17, 15) is 0 Å². The summed E-state index contributed by atoms with van der Waals surface area (Å²) in [7, 11) is 0. The number of benzene rings is 1. The van der Waals surface area contributed by atoms with Crippen molar-refractivity contribution in [2.75, 3.05) is 0 Å². The van der Waals surface area contributed by atoms with Gasteiger partial charge in [-0.05, 0) is 47.1 Å². The zero-order valence-corrected chi connectivity index (χ0v) is 11.5. The molecular formula is C19H20. The molecule has 0 fully saturated rings. The average molecular weight is 248 g/mol. The predicted molar refractivity (Wildman–Crippen MR) is 82.8 cm³/mol. The molecule has 0 spiro atoms. The molecule has 0 heteroatoms. The van der Waals surface area contributed by atoms with E-state index in [0.29, 0.717) is 0 Å². The molecule has 96 valence electrons. The Balaban J connectivity index is 1.94. The minimum atomic E-state index is 1.07. The van der Waals surface area contributed by atoms with Gasteiger partial charge in [0.25, 0.3) is 0 Å². The van der Waals surface area contributed by atoms with Gasteiger partial charge in [0.15, 0.2) is 0 Å². The summed E-state index contributed by atoms with van der Waals surface area (Å²) in [6, 6.07) is 10.8. The van der Waals surface area contributed by atoms with E-state index < -0.39 is 0 Å². The lowest BCUT2D eigenvalue weighted by molar-refractivity contribution is 0.919. The maximum absolute atomic E-state index is 2.39. The first-order chi connectivity index (χ1) is 9.40. The lowest BCUT2D eigenvalue weighted by Crippen LogP contribution is -1.93. The summed E-state index contributed by atoms with van der Waals surface area (Å²) in [6.07, 6.45) is 14.0. The number of hydrogen-bond acceptors (Lipinski definition) is 0. The van der Waals surface area contributed by atoms with E-state index >= 15 is 0 Å². The summed E-state index contributed by atoms with van der Waals surface area (Å²) in [5.74, 6) is 0. The van der Waals surface area contributed by atoms with E-state index in [0.717, 1.165) is 12.8 Å². The Kier molecular flexibility index (Phi) is 3.50. The van der Waals surface area contributed by atoms with Gasteiger partial charge in [-0.3, -0.25) is 0 Å². The van der Waals surface area contributed by atoms with Gasteiger partial charge in [-0.25, -0.2) is 0 Å². The Morgan fingerprint density at radius 1 is 1.00 bits per heavy atom. The summed E-state index contributed by atoms with van der Waals surface area (Å²) in [4.78, 5) is 0. The van der Waals surface area contributed by atoms with Crippen molar-refractivity contribution in [1.82, 2.24) is 0 Å². The van der Waals surface area contributed by atoms with Crippen LogP contribution in [0.2, 0.25) is 0 Å². The average Bonchev–Trinajstić information content (AvgIpc) is 3.08. The third-order valence-electron chi connectivity index (χ3n) is 3.89. The Hall–Kier alpha value is -1.82. The monoisotopic (exact) mass is 248 g/mol. The third-order valence-corrected chi connectivity index (χ3v) is 3.89. The summed E-state index contributed by atoms with van der Waals surface area (Å²) in [6.45, 7) is 2.26. The fourth-order valence-electron chi connectivity index (χ4n) is 3.03. The molecule has 0 radical (unpaired) electrons. The van der Waals surface area contributed by atoms with E-state index in [4.69, 9.17) is 0 Å². The highest BCUT2D eigenvalue weighted by Crippen LogP contribution is 2.39. The molecule has 1 aromatic carbocycles. The standard InChI is InChI=1S/C19H20/c1-2-8-15-11-6-12-17(15)19-14-7-13-18(19)16-9-4-3-5-10-16/h3-6,9-11,13-14H,2,7-8,12H2,1H3. The van der Waals surface area contributed by atoms with Crippen LogP contribution in [0.4, 0.5) is 0 Å². The highest BCUT2D eigenvalue weighted by molar-refractivity contribution is 5.86. The molecule has 2 aliphatic carbocycles. The fourth-order valence-corrected chi connectivity index (χ4v) is 3.03. The van der Waals surface area contributed by atoms with Crippen molar-refractivity contribution in [2.45, 2.75) is 32.6 Å². The second-order valence-electron chi connectivity index (χ2n) is 5.20. The largest absolute Gasteiger partial charge is 0.0798 e. The molecule has 19 heavy (non-hydrogen) atoms. The summed E-state index contributed by atoms with van der Waals surface area (Å²) < 4.78 is 0. The van der Waals surface area contributed by atoms with Gasteiger partial charge in [-0.1, -0.05) is 68.0 Å². The van der Waals surface area contributed by atoms with Crippen molar-refractivity contribution in [3.63, 3.8) is 0 Å². The quantitative estimate of drug-likeness (QED) is 0.664. The second kappa shape index (κ2) is 5.44. The molecule has 0 unspecified atom stereocenters. The van der Waals surface area contributed by atoms with Crippen LogP contribution in [0.15, 0.2) is 71.4 Å². The van der Waals surface area contributed by atoms with Gasteiger partial charge in [0.2, 0.25) is 0 Å². The van der Waals surface area contributed by atoms with Crippen LogP contribution in [0.3, 0.4) is 0 Å². The van der Waals surface area contributed by atoms with Gasteiger partial charge in [0.05, 0.1) is 0 Å². The Morgan fingerprint density at radius 3 is 2.58 bits per heavy atom. The molecular weight excluding hydrogens is 228 g/mol. The van der Waals surface area contributed by atoms with Crippen LogP contribution < -0.4 is 0 Å². The molecule has 0 saturated carbocycles. The minimum Gasteiger partial charge on any atom is -0.0798 e. The molecule has 1 aromatic rings. The maximum atomic E-state index is 2.39. The Bertz CT molecular complexity index is 580. The number of hydrogen-bond donors (Lipinski definition) is 0. The molecule has 0 atom stereocenters. The Morgan fingerprint density at radius 2 is 1.79 bits per heavy atom. The van der Waals surface area contributed by atoms with E-state index in [2.05, 4.69) is 61.6 Å². The van der Waals surface area contributed by atoms with E-state index in [1.807, 2.05) is 0 Å². The van der Waals surface area contributed by atoms with Gasteiger partial charge >= 0.3 is 0 Å². The smallest absolute Gasteiger partial charge is 0.00854 e. The van der Waals surface area contributed by atoms with E-state index in [-0.39, 0.29) is 0 Å².